The molecule has 5 heteroatoms. The van der Waals surface area contributed by atoms with Crippen LogP contribution in [-0.2, 0) is 11.0 Å². The van der Waals surface area contributed by atoms with Crippen molar-refractivity contribution in [3.63, 3.8) is 0 Å². The maximum Gasteiger partial charge on any atom is 0.266 e. The number of quaternary nitrogens is 1. The summed E-state index contributed by atoms with van der Waals surface area (Å²) < 4.78 is 12.9. The van der Waals surface area contributed by atoms with Gasteiger partial charge in [0.25, 0.3) is 11.0 Å². The molecule has 0 N–H and O–H groups in total. The highest BCUT2D eigenvalue weighted by Crippen LogP contribution is 2.23. The van der Waals surface area contributed by atoms with Crippen LogP contribution in [0, 0.1) is 13.8 Å². The Bertz CT molecular complexity index is 748. The van der Waals surface area contributed by atoms with Crippen molar-refractivity contribution in [2.75, 3.05) is 14.1 Å². The summed E-state index contributed by atoms with van der Waals surface area (Å²) >= 11 is 6.30. The van der Waals surface area contributed by atoms with Crippen molar-refractivity contribution in [1.82, 2.24) is 0 Å². The van der Waals surface area contributed by atoms with Crippen molar-refractivity contribution in [2.45, 2.75) is 39.5 Å². The predicted molar refractivity (Wildman–Crippen MR) is 109 cm³/mol. The molecule has 1 unspecified atom stereocenters. The molecule has 0 aliphatic heterocycles. The third-order valence-corrected chi connectivity index (χ3v) is 5.49. The van der Waals surface area contributed by atoms with Crippen LogP contribution < -0.4 is 0 Å². The third kappa shape index (κ3) is 5.50. The van der Waals surface area contributed by atoms with Gasteiger partial charge in [-0.1, -0.05) is 60.4 Å². The summed E-state index contributed by atoms with van der Waals surface area (Å²) in [5.74, 6) is 0. The van der Waals surface area contributed by atoms with E-state index < -0.39 is 11.0 Å². The lowest BCUT2D eigenvalue weighted by atomic mass is 10.1. The molecule has 0 spiro atoms. The van der Waals surface area contributed by atoms with E-state index >= 15 is 0 Å². The van der Waals surface area contributed by atoms with Crippen LogP contribution in [0.4, 0.5) is 0 Å². The molecule has 0 radical (unpaired) electrons. The molecule has 25 heavy (non-hydrogen) atoms. The van der Waals surface area contributed by atoms with Crippen LogP contribution in [0.3, 0.4) is 0 Å². The standard InChI is InChI=1S/C18H22ClN2OS.C2H6/c1-13-9-11-16(12-10-13)23(22)21(4,5)20-15(3)18-14(2)7-6-8-17(18)19;1-2/h6-12H,1-5H3;1-2H3/q+1;/b20-15-;. The molecule has 136 valence electrons. The molecule has 0 heterocycles. The van der Waals surface area contributed by atoms with Crippen LogP contribution in [0.5, 0.6) is 0 Å². The highest BCUT2D eigenvalue weighted by Gasteiger charge is 2.27. The Morgan fingerprint density at radius 3 is 2.12 bits per heavy atom. The molecule has 0 bridgehead atoms. The molecule has 0 saturated heterocycles. The molecule has 1 atom stereocenters. The largest absolute Gasteiger partial charge is 0.266 e. The van der Waals surface area contributed by atoms with E-state index in [1.54, 1.807) is 0 Å². The molecule has 0 aromatic heterocycles. The number of benzene rings is 2. The monoisotopic (exact) mass is 379 g/mol. The molecule has 3 nitrogen and oxygen atoms in total. The molecule has 2 aromatic carbocycles. The number of hydrogen-bond acceptors (Lipinski definition) is 2. The van der Waals surface area contributed by atoms with Gasteiger partial charge in [0.2, 0.25) is 0 Å². The van der Waals surface area contributed by atoms with Gasteiger partial charge in [-0.15, -0.1) is 4.00 Å². The van der Waals surface area contributed by atoms with E-state index in [1.807, 2.05) is 91.2 Å². The second-order valence-corrected chi connectivity index (χ2v) is 8.24. The number of hydrogen-bond donors (Lipinski definition) is 0. The van der Waals surface area contributed by atoms with Gasteiger partial charge < -0.3 is 0 Å². The van der Waals surface area contributed by atoms with Crippen LogP contribution in [0.15, 0.2) is 52.5 Å². The number of rotatable bonds is 4. The smallest absolute Gasteiger partial charge is 0.189 e. The van der Waals surface area contributed by atoms with E-state index in [4.69, 9.17) is 11.6 Å². The van der Waals surface area contributed by atoms with Gasteiger partial charge in [-0.25, -0.2) is 0 Å². The maximum atomic E-state index is 12.9. The lowest BCUT2D eigenvalue weighted by Crippen LogP contribution is -2.36. The van der Waals surface area contributed by atoms with Gasteiger partial charge in [-0.3, -0.25) is 0 Å². The van der Waals surface area contributed by atoms with E-state index in [0.717, 1.165) is 27.3 Å². The fourth-order valence-electron chi connectivity index (χ4n) is 2.45. The molecule has 2 aromatic rings. The van der Waals surface area contributed by atoms with E-state index in [1.165, 1.54) is 0 Å². The van der Waals surface area contributed by atoms with Crippen LogP contribution in [0.25, 0.3) is 0 Å². The molecular weight excluding hydrogens is 352 g/mol. The Labute approximate surface area is 159 Å². The Hall–Kier alpha value is -1.49. The van der Waals surface area contributed by atoms with E-state index in [9.17, 15) is 4.21 Å². The highest BCUT2D eigenvalue weighted by atomic mass is 35.5. The van der Waals surface area contributed by atoms with Crippen LogP contribution in [-0.4, -0.2) is 28.0 Å². The van der Waals surface area contributed by atoms with Gasteiger partial charge in [0.05, 0.1) is 9.92 Å². The number of nitrogens with zero attached hydrogens (tertiary/aromatic N) is 2. The fourth-order valence-corrected chi connectivity index (χ4v) is 3.89. The number of aryl methyl sites for hydroxylation is 2. The Morgan fingerprint density at radius 1 is 1.04 bits per heavy atom. The minimum Gasteiger partial charge on any atom is -0.189 e. The minimum atomic E-state index is -1.30. The zero-order valence-corrected chi connectivity index (χ0v) is 17.7. The van der Waals surface area contributed by atoms with E-state index in [2.05, 4.69) is 5.10 Å². The zero-order chi connectivity index (χ0) is 19.2. The second-order valence-electron chi connectivity index (χ2n) is 5.97. The third-order valence-electron chi connectivity index (χ3n) is 3.60. The second kappa shape index (κ2) is 9.27. The van der Waals surface area contributed by atoms with Gasteiger partial charge >= 0.3 is 0 Å². The summed E-state index contributed by atoms with van der Waals surface area (Å²) in [5, 5.41) is 5.33. The van der Waals surface area contributed by atoms with Crippen LogP contribution in [0.2, 0.25) is 5.02 Å². The molecule has 0 aliphatic carbocycles. The fraction of sp³-hybridized carbons (Fsp3) is 0.350. The minimum absolute atomic E-state index is 0.000439. The van der Waals surface area contributed by atoms with Gasteiger partial charge in [0.15, 0.2) is 0 Å². The molecule has 2 rings (SSSR count). The lowest BCUT2D eigenvalue weighted by Gasteiger charge is -2.21. The first kappa shape index (κ1) is 21.6. The summed E-state index contributed by atoms with van der Waals surface area (Å²) in [4.78, 5) is 0.757. The van der Waals surface area contributed by atoms with E-state index in [0.29, 0.717) is 5.02 Å². The van der Waals surface area contributed by atoms with E-state index in [-0.39, 0.29) is 4.00 Å². The summed E-state index contributed by atoms with van der Waals surface area (Å²) in [6.45, 7) is 9.91. The topological polar surface area (TPSA) is 29.4 Å². The average molecular weight is 380 g/mol. The molecule has 0 aliphatic rings. The summed E-state index contributed by atoms with van der Waals surface area (Å²) in [6, 6.07) is 13.5. The predicted octanol–water partition coefficient (Wildman–Crippen LogP) is 5.51. The first-order valence-corrected chi connectivity index (χ1v) is 9.86. The van der Waals surface area contributed by atoms with Crippen molar-refractivity contribution in [1.29, 1.82) is 0 Å². The van der Waals surface area contributed by atoms with Crippen molar-refractivity contribution < 1.29 is 8.21 Å². The quantitative estimate of drug-likeness (QED) is 0.391. The zero-order valence-electron chi connectivity index (χ0n) is 16.1. The van der Waals surface area contributed by atoms with Crippen LogP contribution in [0.1, 0.15) is 37.5 Å². The molecule has 0 fully saturated rings. The Balaban J connectivity index is 0.00000151. The first-order chi connectivity index (χ1) is 11.7. The normalized spacial score (nSPS) is 13.0. The molecule has 0 saturated carbocycles. The van der Waals surface area contributed by atoms with Gasteiger partial charge in [-0.05, 0) is 44.5 Å². The Kier molecular flexibility index (Phi) is 8.00. The van der Waals surface area contributed by atoms with Crippen molar-refractivity contribution in [2.24, 2.45) is 5.10 Å². The average Bonchev–Trinajstić information content (AvgIpc) is 2.56. The SMILES string of the molecule is C/C(=N/[N+](C)(C)S(=O)c1ccc(C)cc1)c1c(C)cccc1Cl.CC. The summed E-state index contributed by atoms with van der Waals surface area (Å²) in [5.41, 5.74) is 3.88. The first-order valence-electron chi connectivity index (χ1n) is 8.38. The molecular formula is C20H28ClN2OS+. The van der Waals surface area contributed by atoms with Crippen molar-refractivity contribution >= 4 is 28.3 Å². The van der Waals surface area contributed by atoms with Gasteiger partial charge in [0.1, 0.15) is 19.8 Å². The summed E-state index contributed by atoms with van der Waals surface area (Å²) in [7, 11) is 2.35. The lowest BCUT2D eigenvalue weighted by molar-refractivity contribution is -0.764. The number of halogens is 1. The highest BCUT2D eigenvalue weighted by molar-refractivity contribution is 7.79. The van der Waals surface area contributed by atoms with Crippen LogP contribution >= 0.6 is 11.6 Å². The maximum absolute atomic E-state index is 12.9. The van der Waals surface area contributed by atoms with Crippen molar-refractivity contribution in [3.05, 3.63) is 64.2 Å². The van der Waals surface area contributed by atoms with Gasteiger partial charge in [-0.2, -0.15) is 4.21 Å². The summed E-state index contributed by atoms with van der Waals surface area (Å²) in [6.07, 6.45) is 0. The van der Waals surface area contributed by atoms with Crippen molar-refractivity contribution in [3.8, 4) is 0 Å². The molecule has 0 amide bonds. The Morgan fingerprint density at radius 2 is 1.60 bits per heavy atom. The van der Waals surface area contributed by atoms with Gasteiger partial charge in [0, 0.05) is 5.56 Å².